The van der Waals surface area contributed by atoms with Crippen LogP contribution in [0.5, 0.6) is 0 Å². The predicted molar refractivity (Wildman–Crippen MR) is 57.3 cm³/mol. The van der Waals surface area contributed by atoms with Gasteiger partial charge in [0.1, 0.15) is 0 Å². The number of carbonyl (C=O) groups excluding carboxylic acids is 1. The first-order chi connectivity index (χ1) is 6.79. The number of hydrogen-bond donors (Lipinski definition) is 0. The maximum absolute atomic E-state index is 12.0. The fraction of sp³-hybridized carbons (Fsp3) is 0.308. The monoisotopic (exact) mass is 186 g/mol. The smallest absolute Gasteiger partial charge is 0.169 e. The van der Waals surface area contributed by atoms with Gasteiger partial charge in [-0.15, -0.1) is 0 Å². The maximum atomic E-state index is 12.0. The summed E-state index contributed by atoms with van der Waals surface area (Å²) in [4.78, 5) is 12.0. The number of hydrogen-bond acceptors (Lipinski definition) is 1. The molecule has 0 N–H and O–H groups in total. The molecule has 0 saturated heterocycles. The molecule has 14 heavy (non-hydrogen) atoms. The first-order valence-corrected chi connectivity index (χ1v) is 5.05. The lowest BCUT2D eigenvalue weighted by molar-refractivity contribution is 0.0939. The number of Topliss-reactive ketones (excluding diaryl/α,β-unsaturated/α-hetero) is 1. The lowest BCUT2D eigenvalue weighted by Crippen LogP contribution is -2.12. The normalized spacial score (nSPS) is 20.6. The molecule has 1 aromatic rings. The third kappa shape index (κ3) is 1.63. The predicted octanol–water partition coefficient (Wildman–Crippen LogP) is 3.23. The standard InChI is InChI=1S/C13H14O/c1-10-6-5-9-12(10)13(14)11-7-3-2-4-8-11/h2-4,6-8,12H,5,9H2,1H3/t12-/m0/s1. The van der Waals surface area contributed by atoms with E-state index in [4.69, 9.17) is 0 Å². The van der Waals surface area contributed by atoms with Crippen LogP contribution >= 0.6 is 0 Å². The molecule has 0 radical (unpaired) electrons. The molecule has 0 unspecified atom stereocenters. The summed E-state index contributed by atoms with van der Waals surface area (Å²) in [6.45, 7) is 2.05. The van der Waals surface area contributed by atoms with Gasteiger partial charge in [-0.1, -0.05) is 42.0 Å². The lowest BCUT2D eigenvalue weighted by Gasteiger charge is -2.10. The molecule has 1 nitrogen and oxygen atoms in total. The van der Waals surface area contributed by atoms with Gasteiger partial charge < -0.3 is 0 Å². The third-order valence-electron chi connectivity index (χ3n) is 2.85. The molecule has 72 valence electrons. The van der Waals surface area contributed by atoms with Crippen molar-refractivity contribution in [2.45, 2.75) is 19.8 Å². The van der Waals surface area contributed by atoms with Crippen molar-refractivity contribution in [1.82, 2.24) is 0 Å². The Labute approximate surface area is 84.5 Å². The Bertz CT molecular complexity index is 362. The van der Waals surface area contributed by atoms with Gasteiger partial charge in [-0.2, -0.15) is 0 Å². The van der Waals surface area contributed by atoms with Crippen LogP contribution in [0.25, 0.3) is 0 Å². The quantitative estimate of drug-likeness (QED) is 0.512. The Hall–Kier alpha value is -1.37. The van der Waals surface area contributed by atoms with Gasteiger partial charge in [0.2, 0.25) is 0 Å². The zero-order valence-electron chi connectivity index (χ0n) is 8.36. The molecule has 0 spiro atoms. The number of carbonyl (C=O) groups is 1. The molecule has 0 bridgehead atoms. The van der Waals surface area contributed by atoms with Gasteiger partial charge in [-0.05, 0) is 19.8 Å². The van der Waals surface area contributed by atoms with Crippen LogP contribution in [0.2, 0.25) is 0 Å². The number of benzene rings is 1. The summed E-state index contributed by atoms with van der Waals surface area (Å²) >= 11 is 0. The molecule has 0 amide bonds. The minimum Gasteiger partial charge on any atom is -0.294 e. The van der Waals surface area contributed by atoms with E-state index in [1.54, 1.807) is 0 Å². The van der Waals surface area contributed by atoms with Crippen molar-refractivity contribution < 1.29 is 4.79 Å². The van der Waals surface area contributed by atoms with Gasteiger partial charge >= 0.3 is 0 Å². The summed E-state index contributed by atoms with van der Waals surface area (Å²) in [5, 5.41) is 0. The highest BCUT2D eigenvalue weighted by atomic mass is 16.1. The van der Waals surface area contributed by atoms with Gasteiger partial charge in [0, 0.05) is 11.5 Å². The van der Waals surface area contributed by atoms with Gasteiger partial charge in [0.15, 0.2) is 5.78 Å². The molecule has 2 rings (SSSR count). The molecule has 1 aromatic carbocycles. The van der Waals surface area contributed by atoms with Crippen LogP contribution in [0.1, 0.15) is 30.1 Å². The van der Waals surface area contributed by atoms with E-state index in [1.165, 1.54) is 5.57 Å². The molecule has 1 aliphatic rings. The summed E-state index contributed by atoms with van der Waals surface area (Å²) < 4.78 is 0. The van der Waals surface area contributed by atoms with Crippen molar-refractivity contribution >= 4 is 5.78 Å². The van der Waals surface area contributed by atoms with E-state index < -0.39 is 0 Å². The highest BCUT2D eigenvalue weighted by molar-refractivity contribution is 5.99. The third-order valence-corrected chi connectivity index (χ3v) is 2.85. The molecule has 0 aliphatic heterocycles. The summed E-state index contributed by atoms with van der Waals surface area (Å²) in [6, 6.07) is 9.57. The van der Waals surface area contributed by atoms with Gasteiger partial charge in [0.05, 0.1) is 0 Å². The van der Waals surface area contributed by atoms with E-state index >= 15 is 0 Å². The average molecular weight is 186 g/mol. The molecule has 0 saturated carbocycles. The molecule has 1 aliphatic carbocycles. The molecule has 0 heterocycles. The Balaban J connectivity index is 2.21. The number of ketones is 1. The zero-order chi connectivity index (χ0) is 9.97. The van der Waals surface area contributed by atoms with Crippen molar-refractivity contribution in [2.75, 3.05) is 0 Å². The SMILES string of the molecule is CC1=CCC[C@@H]1C(=O)c1ccccc1. The second-order valence-electron chi connectivity index (χ2n) is 3.81. The van der Waals surface area contributed by atoms with Gasteiger partial charge in [-0.3, -0.25) is 4.79 Å². The Morgan fingerprint density at radius 2 is 2.00 bits per heavy atom. The largest absolute Gasteiger partial charge is 0.294 e. The van der Waals surface area contributed by atoms with Crippen LogP contribution in [0.4, 0.5) is 0 Å². The van der Waals surface area contributed by atoms with Crippen LogP contribution in [-0.2, 0) is 0 Å². The topological polar surface area (TPSA) is 17.1 Å². The molecular formula is C13H14O. The van der Waals surface area contributed by atoms with Crippen molar-refractivity contribution in [1.29, 1.82) is 0 Å². The summed E-state index contributed by atoms with van der Waals surface area (Å²) in [5.74, 6) is 0.411. The molecular weight excluding hydrogens is 172 g/mol. The van der Waals surface area contributed by atoms with Crippen molar-refractivity contribution in [2.24, 2.45) is 5.92 Å². The van der Waals surface area contributed by atoms with Crippen molar-refractivity contribution in [3.63, 3.8) is 0 Å². The lowest BCUT2D eigenvalue weighted by atomic mass is 9.93. The van der Waals surface area contributed by atoms with E-state index in [1.807, 2.05) is 30.3 Å². The fourth-order valence-corrected chi connectivity index (χ4v) is 1.99. The van der Waals surface area contributed by atoms with Gasteiger partial charge in [-0.25, -0.2) is 0 Å². The number of allylic oxidation sites excluding steroid dienone is 2. The summed E-state index contributed by atoms with van der Waals surface area (Å²) in [6.07, 6.45) is 4.21. The van der Waals surface area contributed by atoms with Crippen LogP contribution in [0, 0.1) is 5.92 Å². The second-order valence-corrected chi connectivity index (χ2v) is 3.81. The van der Waals surface area contributed by atoms with Crippen molar-refractivity contribution in [3.05, 3.63) is 47.5 Å². The van der Waals surface area contributed by atoms with Crippen LogP contribution < -0.4 is 0 Å². The molecule has 0 aromatic heterocycles. The number of rotatable bonds is 2. The van der Waals surface area contributed by atoms with Crippen molar-refractivity contribution in [3.8, 4) is 0 Å². The van der Waals surface area contributed by atoms with E-state index in [2.05, 4.69) is 13.0 Å². The Morgan fingerprint density at radius 1 is 1.29 bits per heavy atom. The fourth-order valence-electron chi connectivity index (χ4n) is 1.99. The molecule has 1 atom stereocenters. The minimum absolute atomic E-state index is 0.136. The molecule has 1 heteroatoms. The molecule has 0 fully saturated rings. The van der Waals surface area contributed by atoms with E-state index in [0.29, 0.717) is 0 Å². The highest BCUT2D eigenvalue weighted by Gasteiger charge is 2.23. The first-order valence-electron chi connectivity index (χ1n) is 5.05. The Kier molecular flexibility index (Phi) is 2.49. The Morgan fingerprint density at radius 3 is 2.57 bits per heavy atom. The van der Waals surface area contributed by atoms with E-state index in [0.717, 1.165) is 18.4 Å². The maximum Gasteiger partial charge on any atom is 0.169 e. The second kappa shape index (κ2) is 3.79. The van der Waals surface area contributed by atoms with Crippen LogP contribution in [0.15, 0.2) is 42.0 Å². The first kappa shape index (κ1) is 9.20. The van der Waals surface area contributed by atoms with Crippen LogP contribution in [0.3, 0.4) is 0 Å². The van der Waals surface area contributed by atoms with Gasteiger partial charge in [0.25, 0.3) is 0 Å². The van der Waals surface area contributed by atoms with Crippen LogP contribution in [-0.4, -0.2) is 5.78 Å². The highest BCUT2D eigenvalue weighted by Crippen LogP contribution is 2.28. The zero-order valence-corrected chi connectivity index (χ0v) is 8.36. The van der Waals surface area contributed by atoms with E-state index in [9.17, 15) is 4.79 Å². The average Bonchev–Trinajstić information content (AvgIpc) is 2.65. The minimum atomic E-state index is 0.136. The van der Waals surface area contributed by atoms with E-state index in [-0.39, 0.29) is 11.7 Å². The summed E-state index contributed by atoms with van der Waals surface area (Å²) in [7, 11) is 0. The summed E-state index contributed by atoms with van der Waals surface area (Å²) in [5.41, 5.74) is 2.08.